The summed E-state index contributed by atoms with van der Waals surface area (Å²) in [6.07, 6.45) is 0. The van der Waals surface area contributed by atoms with Crippen LogP contribution in [0.25, 0.3) is 86.9 Å². The monoisotopic (exact) mass is 570 g/mol. The summed E-state index contributed by atoms with van der Waals surface area (Å²) >= 11 is 0. The molecule has 9 aromatic carbocycles. The molecule has 0 fully saturated rings. The summed E-state index contributed by atoms with van der Waals surface area (Å²) < 4.78 is 0. The van der Waals surface area contributed by atoms with Crippen molar-refractivity contribution >= 4 is 64.6 Å². The van der Waals surface area contributed by atoms with E-state index in [1.54, 1.807) is 0 Å². The second-order valence-corrected chi connectivity index (χ2v) is 13.2. The molecule has 210 valence electrons. The van der Waals surface area contributed by atoms with E-state index in [0.717, 1.165) is 0 Å². The van der Waals surface area contributed by atoms with E-state index in [2.05, 4.69) is 159 Å². The molecular weight excluding hydrogens is 540 g/mol. The summed E-state index contributed by atoms with van der Waals surface area (Å²) in [5.74, 6) is 0. The van der Waals surface area contributed by atoms with E-state index >= 15 is 0 Å². The van der Waals surface area contributed by atoms with Gasteiger partial charge in [0, 0.05) is 5.41 Å². The van der Waals surface area contributed by atoms with Gasteiger partial charge in [0.05, 0.1) is 0 Å². The Morgan fingerprint density at radius 3 is 1.53 bits per heavy atom. The Morgan fingerprint density at radius 2 is 0.822 bits per heavy atom. The van der Waals surface area contributed by atoms with Gasteiger partial charge in [-0.15, -0.1) is 0 Å². The number of hydrogen-bond donors (Lipinski definition) is 0. The summed E-state index contributed by atoms with van der Waals surface area (Å²) in [5.41, 5.74) is 8.10. The van der Waals surface area contributed by atoms with Gasteiger partial charge in [0.15, 0.2) is 0 Å². The van der Waals surface area contributed by atoms with Crippen molar-refractivity contribution in [2.24, 2.45) is 0 Å². The van der Waals surface area contributed by atoms with Crippen molar-refractivity contribution in [3.8, 4) is 22.3 Å². The van der Waals surface area contributed by atoms with Gasteiger partial charge in [-0.3, -0.25) is 0 Å². The molecule has 0 saturated heterocycles. The van der Waals surface area contributed by atoms with Crippen LogP contribution in [0.5, 0.6) is 0 Å². The highest BCUT2D eigenvalue weighted by Crippen LogP contribution is 2.58. The topological polar surface area (TPSA) is 0 Å². The van der Waals surface area contributed by atoms with E-state index in [1.165, 1.54) is 98.0 Å². The molecule has 0 radical (unpaired) electrons. The molecule has 0 saturated carbocycles. The van der Waals surface area contributed by atoms with E-state index in [9.17, 15) is 0 Å². The lowest BCUT2D eigenvalue weighted by atomic mass is 9.78. The highest BCUT2D eigenvalue weighted by atomic mass is 14.4. The molecule has 0 bridgehead atoms. The molecule has 10 rings (SSSR count). The highest BCUT2D eigenvalue weighted by Gasteiger charge is 2.40. The summed E-state index contributed by atoms with van der Waals surface area (Å²) in [6, 6.07) is 54.4. The molecule has 0 unspecified atom stereocenters. The lowest BCUT2D eigenvalue weighted by Crippen LogP contribution is -2.16. The lowest BCUT2D eigenvalue weighted by Gasteiger charge is -2.25. The van der Waals surface area contributed by atoms with Gasteiger partial charge in [-0.25, -0.2) is 0 Å². The summed E-state index contributed by atoms with van der Waals surface area (Å²) in [6.45, 7) is 4.87. The summed E-state index contributed by atoms with van der Waals surface area (Å²) in [5, 5.41) is 15.8. The zero-order valence-corrected chi connectivity index (χ0v) is 25.4. The van der Waals surface area contributed by atoms with E-state index < -0.39 is 0 Å². The van der Waals surface area contributed by atoms with Crippen LogP contribution in [0, 0.1) is 0 Å². The van der Waals surface area contributed by atoms with Crippen molar-refractivity contribution < 1.29 is 0 Å². The van der Waals surface area contributed by atoms with Crippen molar-refractivity contribution in [2.45, 2.75) is 19.3 Å². The van der Waals surface area contributed by atoms with Crippen molar-refractivity contribution in [3.05, 3.63) is 157 Å². The minimum atomic E-state index is -0.171. The lowest BCUT2D eigenvalue weighted by molar-refractivity contribution is 0.667. The SMILES string of the molecule is CC1(C)c2cc(-c3cc4ccc5ccccc5c4c4ccccc34)c3ccccc3c2-c2c1c1ccccc1c1ccccc21. The molecule has 0 amide bonds. The third-order valence-corrected chi connectivity index (χ3v) is 10.6. The van der Waals surface area contributed by atoms with Crippen LogP contribution in [-0.4, -0.2) is 0 Å². The number of fused-ring (bicyclic) bond motifs is 15. The van der Waals surface area contributed by atoms with Crippen LogP contribution in [0.15, 0.2) is 146 Å². The maximum atomic E-state index is 2.54. The molecule has 0 heterocycles. The maximum absolute atomic E-state index is 2.54. The normalized spacial score (nSPS) is 13.7. The predicted octanol–water partition coefficient (Wildman–Crippen LogP) is 12.6. The largest absolute Gasteiger partial charge is 0.0616 e. The van der Waals surface area contributed by atoms with Gasteiger partial charge in [-0.05, 0) is 110 Å². The average Bonchev–Trinajstić information content (AvgIpc) is 3.34. The van der Waals surface area contributed by atoms with E-state index in [4.69, 9.17) is 0 Å². The van der Waals surface area contributed by atoms with Gasteiger partial charge < -0.3 is 0 Å². The third kappa shape index (κ3) is 3.21. The average molecular weight is 571 g/mol. The Labute approximate surface area is 262 Å². The maximum Gasteiger partial charge on any atom is 0.0165 e. The molecule has 0 spiro atoms. The van der Waals surface area contributed by atoms with Gasteiger partial charge in [-0.2, -0.15) is 0 Å². The quantitative estimate of drug-likeness (QED) is 0.172. The van der Waals surface area contributed by atoms with Gasteiger partial charge in [0.1, 0.15) is 0 Å². The minimum Gasteiger partial charge on any atom is -0.0616 e. The predicted molar refractivity (Wildman–Crippen MR) is 194 cm³/mol. The Morgan fingerprint density at radius 1 is 0.356 bits per heavy atom. The summed E-state index contributed by atoms with van der Waals surface area (Å²) in [4.78, 5) is 0. The Balaban J connectivity index is 1.38. The first-order chi connectivity index (χ1) is 22.1. The first-order valence-electron chi connectivity index (χ1n) is 16.0. The Hall–Kier alpha value is -5.46. The zero-order chi connectivity index (χ0) is 29.9. The second kappa shape index (κ2) is 8.80. The van der Waals surface area contributed by atoms with Crippen molar-refractivity contribution in [3.63, 3.8) is 0 Å². The molecule has 0 aliphatic heterocycles. The van der Waals surface area contributed by atoms with Crippen LogP contribution in [-0.2, 0) is 5.41 Å². The van der Waals surface area contributed by atoms with Gasteiger partial charge in [0.2, 0.25) is 0 Å². The van der Waals surface area contributed by atoms with Crippen molar-refractivity contribution in [1.82, 2.24) is 0 Å². The minimum absolute atomic E-state index is 0.171. The molecular formula is C45H30. The molecule has 0 aromatic heterocycles. The first kappa shape index (κ1) is 24.9. The fourth-order valence-corrected chi connectivity index (χ4v) is 8.65. The van der Waals surface area contributed by atoms with Crippen LogP contribution in [0.1, 0.15) is 25.0 Å². The van der Waals surface area contributed by atoms with Crippen molar-refractivity contribution in [1.29, 1.82) is 0 Å². The molecule has 0 atom stereocenters. The van der Waals surface area contributed by atoms with Crippen LogP contribution >= 0.6 is 0 Å². The molecule has 0 N–H and O–H groups in total. The number of rotatable bonds is 1. The van der Waals surface area contributed by atoms with E-state index in [0.29, 0.717) is 0 Å². The first-order valence-corrected chi connectivity index (χ1v) is 16.0. The third-order valence-electron chi connectivity index (χ3n) is 10.6. The van der Waals surface area contributed by atoms with Crippen LogP contribution in [0.3, 0.4) is 0 Å². The fourth-order valence-electron chi connectivity index (χ4n) is 8.65. The zero-order valence-electron chi connectivity index (χ0n) is 25.4. The molecule has 0 heteroatoms. The Bertz CT molecular complexity index is 2720. The second-order valence-electron chi connectivity index (χ2n) is 13.2. The highest BCUT2D eigenvalue weighted by molar-refractivity contribution is 6.26. The smallest absolute Gasteiger partial charge is 0.0165 e. The molecule has 45 heavy (non-hydrogen) atoms. The van der Waals surface area contributed by atoms with Gasteiger partial charge in [-0.1, -0.05) is 147 Å². The van der Waals surface area contributed by atoms with E-state index in [-0.39, 0.29) is 5.41 Å². The Kier molecular flexibility index (Phi) is 4.88. The van der Waals surface area contributed by atoms with Crippen LogP contribution in [0.2, 0.25) is 0 Å². The standard InChI is InChI=1S/C45H30/c1-45(2)40-26-39(38-25-28-24-23-27-13-3-4-14-29(27)41(28)34-19-9-6-17-32(34)38)33-18-7-10-20-35(33)42(40)43-36-21-11-5-15-30(36)31-16-8-12-22-37(31)44(43)45/h3-26H,1-2H3. The number of benzene rings is 9. The molecule has 1 aliphatic carbocycles. The number of hydrogen-bond acceptors (Lipinski definition) is 0. The molecule has 1 aliphatic rings. The van der Waals surface area contributed by atoms with Crippen LogP contribution in [0.4, 0.5) is 0 Å². The van der Waals surface area contributed by atoms with Gasteiger partial charge >= 0.3 is 0 Å². The summed E-state index contributed by atoms with van der Waals surface area (Å²) in [7, 11) is 0. The molecule has 9 aromatic rings. The van der Waals surface area contributed by atoms with Crippen molar-refractivity contribution in [2.75, 3.05) is 0 Å². The van der Waals surface area contributed by atoms with Gasteiger partial charge in [0.25, 0.3) is 0 Å². The molecule has 0 nitrogen and oxygen atoms in total. The fraction of sp³-hybridized carbons (Fsp3) is 0.0667. The van der Waals surface area contributed by atoms with E-state index in [1.807, 2.05) is 0 Å². The van der Waals surface area contributed by atoms with Crippen LogP contribution < -0.4 is 0 Å².